The summed E-state index contributed by atoms with van der Waals surface area (Å²) in [6.45, 7) is 5.65. The topological polar surface area (TPSA) is 59.2 Å². The van der Waals surface area contributed by atoms with Crippen LogP contribution in [0.5, 0.6) is 0 Å². The first-order valence-corrected chi connectivity index (χ1v) is 5.70. The Morgan fingerprint density at radius 3 is 2.35 bits per heavy atom. The zero-order chi connectivity index (χ0) is 12.0. The zero-order valence-electron chi connectivity index (χ0n) is 10.3. The van der Waals surface area contributed by atoms with Crippen LogP contribution in [0, 0.1) is 0 Å². The van der Waals surface area contributed by atoms with Crippen LogP contribution < -0.4 is 5.73 Å². The number of hydrogen-bond acceptors (Lipinski definition) is 3. The molecule has 0 bridgehead atoms. The van der Waals surface area contributed by atoms with Crippen molar-refractivity contribution in [3.8, 4) is 0 Å². The maximum absolute atomic E-state index is 12.1. The summed E-state index contributed by atoms with van der Waals surface area (Å²) >= 11 is 0. The Morgan fingerprint density at radius 2 is 1.88 bits per heavy atom. The number of carbonyl (C=O) groups is 1. The highest BCUT2D eigenvalue weighted by Gasteiger charge is 2.15. The van der Waals surface area contributed by atoms with E-state index in [1.165, 1.54) is 0 Å². The molecule has 0 fully saturated rings. The molecule has 1 amide bonds. The Kier molecular flexibility index (Phi) is 7.30. The van der Waals surface area contributed by atoms with Gasteiger partial charge in [-0.1, -0.05) is 19.9 Å². The fraction of sp³-hybridized carbons (Fsp3) is 0.500. The van der Waals surface area contributed by atoms with Crippen molar-refractivity contribution in [1.82, 2.24) is 9.88 Å². The molecule has 17 heavy (non-hydrogen) atoms. The van der Waals surface area contributed by atoms with E-state index >= 15 is 0 Å². The molecule has 96 valence electrons. The highest BCUT2D eigenvalue weighted by atomic mass is 35.5. The third-order valence-electron chi connectivity index (χ3n) is 2.26. The minimum Gasteiger partial charge on any atom is -0.384 e. The lowest BCUT2D eigenvalue weighted by Crippen LogP contribution is -2.33. The van der Waals surface area contributed by atoms with Gasteiger partial charge in [0.1, 0.15) is 11.5 Å². The molecule has 0 aromatic carbocycles. The number of nitrogens with zero attached hydrogens (tertiary/aromatic N) is 2. The van der Waals surface area contributed by atoms with Crippen LogP contribution in [0.15, 0.2) is 18.2 Å². The maximum Gasteiger partial charge on any atom is 0.272 e. The number of amides is 1. The van der Waals surface area contributed by atoms with Crippen molar-refractivity contribution in [3.63, 3.8) is 0 Å². The van der Waals surface area contributed by atoms with Gasteiger partial charge in [0.2, 0.25) is 0 Å². The highest BCUT2D eigenvalue weighted by Crippen LogP contribution is 2.06. The molecule has 0 atom stereocenters. The fourth-order valence-electron chi connectivity index (χ4n) is 1.59. The molecule has 0 aliphatic rings. The van der Waals surface area contributed by atoms with Gasteiger partial charge in [-0.25, -0.2) is 4.98 Å². The molecule has 0 aliphatic carbocycles. The third kappa shape index (κ3) is 4.61. The van der Waals surface area contributed by atoms with E-state index in [1.807, 2.05) is 4.90 Å². The first-order valence-electron chi connectivity index (χ1n) is 5.70. The lowest BCUT2D eigenvalue weighted by Gasteiger charge is -2.20. The fourth-order valence-corrected chi connectivity index (χ4v) is 1.59. The van der Waals surface area contributed by atoms with Gasteiger partial charge in [-0.3, -0.25) is 4.79 Å². The number of pyridine rings is 1. The quantitative estimate of drug-likeness (QED) is 0.881. The minimum absolute atomic E-state index is 0. The molecule has 0 spiro atoms. The molecule has 0 unspecified atom stereocenters. The summed E-state index contributed by atoms with van der Waals surface area (Å²) < 4.78 is 0. The van der Waals surface area contributed by atoms with E-state index in [1.54, 1.807) is 18.2 Å². The predicted octanol–water partition coefficient (Wildman–Crippen LogP) is 2.35. The van der Waals surface area contributed by atoms with Gasteiger partial charge in [0.05, 0.1) is 0 Å². The number of carbonyl (C=O) groups excluding carboxylic acids is 1. The van der Waals surface area contributed by atoms with Crippen LogP contribution in [0.3, 0.4) is 0 Å². The zero-order valence-corrected chi connectivity index (χ0v) is 11.2. The Balaban J connectivity index is 0.00000256. The van der Waals surface area contributed by atoms with Crippen LogP contribution in [-0.2, 0) is 0 Å². The van der Waals surface area contributed by atoms with Crippen LogP contribution in [0.1, 0.15) is 37.2 Å². The van der Waals surface area contributed by atoms with Gasteiger partial charge >= 0.3 is 0 Å². The third-order valence-corrected chi connectivity index (χ3v) is 2.26. The van der Waals surface area contributed by atoms with E-state index in [9.17, 15) is 4.79 Å². The Hall–Kier alpha value is -1.29. The van der Waals surface area contributed by atoms with Crippen molar-refractivity contribution < 1.29 is 4.79 Å². The second-order valence-electron chi connectivity index (χ2n) is 3.74. The van der Waals surface area contributed by atoms with Gasteiger partial charge < -0.3 is 10.6 Å². The lowest BCUT2D eigenvalue weighted by atomic mass is 10.2. The monoisotopic (exact) mass is 257 g/mol. The molecule has 1 aromatic rings. The van der Waals surface area contributed by atoms with Crippen molar-refractivity contribution in [2.24, 2.45) is 0 Å². The molecular formula is C12H20ClN3O. The molecule has 1 aromatic heterocycles. The molecule has 0 aliphatic heterocycles. The normalized spacial score (nSPS) is 9.53. The highest BCUT2D eigenvalue weighted by molar-refractivity contribution is 5.92. The van der Waals surface area contributed by atoms with E-state index in [4.69, 9.17) is 5.73 Å². The van der Waals surface area contributed by atoms with Crippen LogP contribution in [0.2, 0.25) is 0 Å². The molecule has 1 heterocycles. The molecule has 0 radical (unpaired) electrons. The number of nitrogens with two attached hydrogens (primary N) is 1. The predicted molar refractivity (Wildman–Crippen MR) is 72.4 cm³/mol. The van der Waals surface area contributed by atoms with E-state index in [2.05, 4.69) is 18.8 Å². The van der Waals surface area contributed by atoms with Gasteiger partial charge in [0, 0.05) is 13.1 Å². The lowest BCUT2D eigenvalue weighted by molar-refractivity contribution is 0.0750. The Bertz CT molecular complexity index is 351. The van der Waals surface area contributed by atoms with Crippen molar-refractivity contribution in [1.29, 1.82) is 0 Å². The largest absolute Gasteiger partial charge is 0.384 e. The molecular weight excluding hydrogens is 238 g/mol. The van der Waals surface area contributed by atoms with E-state index in [0.717, 1.165) is 25.9 Å². The molecule has 5 heteroatoms. The smallest absolute Gasteiger partial charge is 0.272 e. The van der Waals surface area contributed by atoms with Gasteiger partial charge in [0.15, 0.2) is 0 Å². The summed E-state index contributed by atoms with van der Waals surface area (Å²) in [6, 6.07) is 5.14. The van der Waals surface area contributed by atoms with Gasteiger partial charge in [-0.05, 0) is 25.0 Å². The van der Waals surface area contributed by atoms with Crippen molar-refractivity contribution >= 4 is 24.1 Å². The Morgan fingerprint density at radius 1 is 1.29 bits per heavy atom. The van der Waals surface area contributed by atoms with Gasteiger partial charge in [-0.15, -0.1) is 12.4 Å². The van der Waals surface area contributed by atoms with E-state index in [-0.39, 0.29) is 18.3 Å². The molecule has 0 saturated heterocycles. The summed E-state index contributed by atoms with van der Waals surface area (Å²) in [4.78, 5) is 18.0. The second-order valence-corrected chi connectivity index (χ2v) is 3.74. The number of anilines is 1. The van der Waals surface area contributed by atoms with Crippen LogP contribution in [0.4, 0.5) is 5.82 Å². The van der Waals surface area contributed by atoms with Crippen LogP contribution >= 0.6 is 12.4 Å². The number of halogens is 1. The first kappa shape index (κ1) is 15.7. The molecule has 0 saturated carbocycles. The minimum atomic E-state index is -0.0315. The SMILES string of the molecule is CCCN(CCC)C(=O)c1cccc(N)n1.Cl. The molecule has 2 N–H and O–H groups in total. The van der Waals surface area contributed by atoms with Crippen molar-refractivity contribution in [3.05, 3.63) is 23.9 Å². The summed E-state index contributed by atoms with van der Waals surface area (Å²) in [7, 11) is 0. The summed E-state index contributed by atoms with van der Waals surface area (Å²) in [6.07, 6.45) is 1.90. The van der Waals surface area contributed by atoms with Crippen molar-refractivity contribution in [2.75, 3.05) is 18.8 Å². The van der Waals surface area contributed by atoms with E-state index in [0.29, 0.717) is 11.5 Å². The first-order chi connectivity index (χ1) is 7.69. The second kappa shape index (κ2) is 7.90. The maximum atomic E-state index is 12.1. The summed E-state index contributed by atoms with van der Waals surface area (Å²) in [5.41, 5.74) is 5.99. The Labute approximate surface area is 109 Å². The van der Waals surface area contributed by atoms with Crippen molar-refractivity contribution in [2.45, 2.75) is 26.7 Å². The average molecular weight is 258 g/mol. The van der Waals surface area contributed by atoms with Gasteiger partial charge in [-0.2, -0.15) is 0 Å². The van der Waals surface area contributed by atoms with Gasteiger partial charge in [0.25, 0.3) is 5.91 Å². The molecule has 1 rings (SSSR count). The van der Waals surface area contributed by atoms with Crippen LogP contribution in [-0.4, -0.2) is 28.9 Å². The number of aromatic nitrogens is 1. The number of nitrogen functional groups attached to an aromatic ring is 1. The molecule has 4 nitrogen and oxygen atoms in total. The number of hydrogen-bond donors (Lipinski definition) is 1. The number of rotatable bonds is 5. The summed E-state index contributed by atoms with van der Waals surface area (Å²) in [5.74, 6) is 0.356. The average Bonchev–Trinajstić information content (AvgIpc) is 2.28. The van der Waals surface area contributed by atoms with Crippen LogP contribution in [0.25, 0.3) is 0 Å². The summed E-state index contributed by atoms with van der Waals surface area (Å²) in [5, 5.41) is 0. The standard InChI is InChI=1S/C12H19N3O.ClH/c1-3-8-15(9-4-2)12(16)10-6-5-7-11(13)14-10;/h5-7H,3-4,8-9H2,1-2H3,(H2,13,14);1H. The van der Waals surface area contributed by atoms with E-state index < -0.39 is 0 Å².